The fourth-order valence-electron chi connectivity index (χ4n) is 4.12. The van der Waals surface area contributed by atoms with Crippen LogP contribution in [-0.2, 0) is 18.3 Å². The number of carboxylic acid groups (broad SMARTS) is 1. The van der Waals surface area contributed by atoms with Crippen LogP contribution in [0.25, 0.3) is 16.6 Å². The normalized spacial score (nSPS) is 11.8. The number of rotatable bonds is 7. The molecule has 1 aromatic heterocycles. The fourth-order valence-corrected chi connectivity index (χ4v) is 4.36. The van der Waals surface area contributed by atoms with Crippen molar-refractivity contribution in [3.05, 3.63) is 103 Å². The first-order valence-corrected chi connectivity index (χ1v) is 11.9. The highest BCUT2D eigenvalue weighted by atomic mass is 35.5. The van der Waals surface area contributed by atoms with E-state index >= 15 is 0 Å². The number of benzene rings is 3. The van der Waals surface area contributed by atoms with Gasteiger partial charge in [0.15, 0.2) is 0 Å². The van der Waals surface area contributed by atoms with Gasteiger partial charge < -0.3 is 15.3 Å². The molecule has 9 nitrogen and oxygen atoms in total. The van der Waals surface area contributed by atoms with Gasteiger partial charge in [-0.2, -0.15) is 0 Å². The second kappa shape index (κ2) is 10.5. The van der Waals surface area contributed by atoms with E-state index in [1.165, 1.54) is 28.8 Å². The van der Waals surface area contributed by atoms with Crippen molar-refractivity contribution in [3.63, 3.8) is 0 Å². The predicted octanol–water partition coefficient (Wildman–Crippen LogP) is 2.97. The van der Waals surface area contributed by atoms with Crippen molar-refractivity contribution >= 4 is 40.1 Å². The van der Waals surface area contributed by atoms with Crippen molar-refractivity contribution in [2.75, 3.05) is 19.0 Å². The molecule has 0 aliphatic carbocycles. The van der Waals surface area contributed by atoms with Gasteiger partial charge in [-0.1, -0.05) is 29.8 Å². The summed E-state index contributed by atoms with van der Waals surface area (Å²) in [6, 6.07) is 13.7. The largest absolute Gasteiger partial charge is 0.480 e. The van der Waals surface area contributed by atoms with E-state index in [0.29, 0.717) is 22.2 Å². The Morgan fingerprint density at radius 1 is 1.08 bits per heavy atom. The van der Waals surface area contributed by atoms with Crippen LogP contribution in [0.15, 0.2) is 70.3 Å². The van der Waals surface area contributed by atoms with Gasteiger partial charge >= 0.3 is 11.7 Å². The van der Waals surface area contributed by atoms with E-state index < -0.39 is 40.5 Å². The summed E-state index contributed by atoms with van der Waals surface area (Å²) in [4.78, 5) is 52.5. The Bertz CT molecular complexity index is 1660. The molecule has 2 N–H and O–H groups in total. The highest BCUT2D eigenvalue weighted by Crippen LogP contribution is 2.20. The van der Waals surface area contributed by atoms with Gasteiger partial charge in [0, 0.05) is 33.3 Å². The molecule has 1 atom stereocenters. The molecule has 0 saturated carbocycles. The minimum absolute atomic E-state index is 0.135. The van der Waals surface area contributed by atoms with Crippen LogP contribution in [0.5, 0.6) is 0 Å². The molecule has 0 spiro atoms. The van der Waals surface area contributed by atoms with Gasteiger partial charge in [-0.15, -0.1) is 0 Å². The number of amides is 1. The maximum Gasteiger partial charge on any atom is 0.335 e. The van der Waals surface area contributed by atoms with E-state index in [0.717, 1.165) is 16.3 Å². The average molecular weight is 539 g/mol. The lowest BCUT2D eigenvalue weighted by molar-refractivity contribution is -0.139. The zero-order chi connectivity index (χ0) is 27.7. The predicted molar refractivity (Wildman–Crippen MR) is 143 cm³/mol. The highest BCUT2D eigenvalue weighted by molar-refractivity contribution is 6.33. The SMILES string of the molecule is CN(C)c1ccc2c(c1)c(=O)n(-c1ccc(C[C@H](NC(=O)c3c(F)cccc3Cl)C(=O)O)cc1)c(=O)n2C. The molecule has 4 aromatic rings. The molecular weight excluding hydrogens is 515 g/mol. The molecule has 0 unspecified atom stereocenters. The van der Waals surface area contributed by atoms with Crippen LogP contribution < -0.4 is 21.5 Å². The Morgan fingerprint density at radius 2 is 1.76 bits per heavy atom. The van der Waals surface area contributed by atoms with Crippen LogP contribution in [0.3, 0.4) is 0 Å². The topological polar surface area (TPSA) is 114 Å². The summed E-state index contributed by atoms with van der Waals surface area (Å²) in [6.07, 6.45) is -0.135. The molecule has 0 fully saturated rings. The summed E-state index contributed by atoms with van der Waals surface area (Å²) in [6.45, 7) is 0. The lowest BCUT2D eigenvalue weighted by Crippen LogP contribution is -2.42. The Labute approximate surface area is 221 Å². The monoisotopic (exact) mass is 538 g/mol. The first-order chi connectivity index (χ1) is 18.0. The molecule has 196 valence electrons. The van der Waals surface area contributed by atoms with Crippen molar-refractivity contribution < 1.29 is 19.1 Å². The quantitative estimate of drug-likeness (QED) is 0.374. The molecular formula is C27H24ClFN4O5. The second-order valence-electron chi connectivity index (χ2n) is 8.91. The first kappa shape index (κ1) is 26.6. The third-order valence-corrected chi connectivity index (χ3v) is 6.51. The number of carbonyl (C=O) groups excluding carboxylic acids is 1. The number of hydrogen-bond donors (Lipinski definition) is 2. The van der Waals surface area contributed by atoms with Gasteiger partial charge in [-0.25, -0.2) is 18.5 Å². The first-order valence-electron chi connectivity index (χ1n) is 11.5. The van der Waals surface area contributed by atoms with Crippen LogP contribution in [0.4, 0.5) is 10.1 Å². The molecule has 0 radical (unpaired) electrons. The Hall–Kier alpha value is -4.44. The fraction of sp³-hybridized carbons (Fsp3) is 0.185. The van der Waals surface area contributed by atoms with Crippen molar-refractivity contribution in [1.82, 2.24) is 14.5 Å². The number of hydrogen-bond acceptors (Lipinski definition) is 5. The van der Waals surface area contributed by atoms with Crippen molar-refractivity contribution in [1.29, 1.82) is 0 Å². The van der Waals surface area contributed by atoms with Gasteiger partial charge in [0.1, 0.15) is 11.9 Å². The number of nitrogens with one attached hydrogen (secondary N) is 1. The molecule has 4 rings (SSSR count). The van der Waals surface area contributed by atoms with Crippen molar-refractivity contribution in [3.8, 4) is 5.69 Å². The second-order valence-corrected chi connectivity index (χ2v) is 9.32. The summed E-state index contributed by atoms with van der Waals surface area (Å²) in [7, 11) is 5.27. The van der Waals surface area contributed by atoms with Crippen LogP contribution in [-0.4, -0.2) is 46.3 Å². The lowest BCUT2D eigenvalue weighted by Gasteiger charge is -2.17. The van der Waals surface area contributed by atoms with E-state index in [1.54, 1.807) is 31.3 Å². The summed E-state index contributed by atoms with van der Waals surface area (Å²) in [5.41, 5.74) is 0.622. The minimum Gasteiger partial charge on any atom is -0.480 e. The molecule has 0 aliphatic heterocycles. The Balaban J connectivity index is 1.64. The van der Waals surface area contributed by atoms with E-state index in [4.69, 9.17) is 11.6 Å². The minimum atomic E-state index is -1.38. The molecule has 1 amide bonds. The number of carbonyl (C=O) groups is 2. The van der Waals surface area contributed by atoms with E-state index in [-0.39, 0.29) is 11.4 Å². The summed E-state index contributed by atoms with van der Waals surface area (Å²) in [5, 5.41) is 12.1. The van der Waals surface area contributed by atoms with Crippen molar-refractivity contribution in [2.45, 2.75) is 12.5 Å². The average Bonchev–Trinajstić information content (AvgIpc) is 2.87. The van der Waals surface area contributed by atoms with Crippen LogP contribution in [0.1, 0.15) is 15.9 Å². The van der Waals surface area contributed by atoms with Gasteiger partial charge in [-0.05, 0) is 48.0 Å². The van der Waals surface area contributed by atoms with Crippen LogP contribution in [0.2, 0.25) is 5.02 Å². The Kier molecular flexibility index (Phi) is 7.36. The summed E-state index contributed by atoms with van der Waals surface area (Å²) >= 11 is 5.91. The number of anilines is 1. The highest BCUT2D eigenvalue weighted by Gasteiger charge is 2.24. The zero-order valence-corrected chi connectivity index (χ0v) is 21.5. The van der Waals surface area contributed by atoms with E-state index in [2.05, 4.69) is 5.32 Å². The van der Waals surface area contributed by atoms with E-state index in [1.807, 2.05) is 25.1 Å². The maximum atomic E-state index is 14.1. The summed E-state index contributed by atoms with van der Waals surface area (Å²) in [5.74, 6) is -3.16. The van der Waals surface area contributed by atoms with Gasteiger partial charge in [0.05, 0.1) is 27.2 Å². The molecule has 0 saturated heterocycles. The van der Waals surface area contributed by atoms with Crippen LogP contribution in [0, 0.1) is 5.82 Å². The number of nitrogens with zero attached hydrogens (tertiary/aromatic N) is 3. The molecule has 0 aliphatic rings. The number of fused-ring (bicyclic) bond motifs is 1. The number of carboxylic acids is 1. The molecule has 0 bridgehead atoms. The molecule has 11 heteroatoms. The Morgan fingerprint density at radius 3 is 2.37 bits per heavy atom. The lowest BCUT2D eigenvalue weighted by atomic mass is 10.0. The standard InChI is InChI=1S/C27H24ClFN4O5/c1-31(2)17-11-12-22-18(14-17)25(35)33(27(38)32(22)3)16-9-7-15(8-10-16)13-21(26(36)37)30-24(34)23-19(28)5-4-6-20(23)29/h4-12,14,21H,13H2,1-3H3,(H,30,34)(H,36,37)/t21-/m0/s1. The number of aliphatic carboxylic acids is 1. The number of halogens is 2. The molecule has 1 heterocycles. The third kappa shape index (κ3) is 5.03. The molecule has 38 heavy (non-hydrogen) atoms. The third-order valence-electron chi connectivity index (χ3n) is 6.20. The molecule has 3 aromatic carbocycles. The van der Waals surface area contributed by atoms with E-state index in [9.17, 15) is 28.7 Å². The zero-order valence-electron chi connectivity index (χ0n) is 20.7. The number of aryl methyl sites for hydroxylation is 1. The van der Waals surface area contributed by atoms with Gasteiger partial charge in [0.2, 0.25) is 0 Å². The number of aromatic nitrogens is 2. The summed E-state index contributed by atoms with van der Waals surface area (Å²) < 4.78 is 16.5. The smallest absolute Gasteiger partial charge is 0.335 e. The van der Waals surface area contributed by atoms with Crippen molar-refractivity contribution in [2.24, 2.45) is 7.05 Å². The van der Waals surface area contributed by atoms with Crippen LogP contribution >= 0.6 is 11.6 Å². The maximum absolute atomic E-state index is 14.1. The van der Waals surface area contributed by atoms with Gasteiger partial charge in [-0.3, -0.25) is 14.2 Å². The van der Waals surface area contributed by atoms with Gasteiger partial charge in [0.25, 0.3) is 11.5 Å².